The van der Waals surface area contributed by atoms with Crippen LogP contribution in [0, 0.1) is 0 Å². The van der Waals surface area contributed by atoms with E-state index in [1.807, 2.05) is 24.3 Å². The number of nitrogen functional groups attached to an aromatic ring is 1. The van der Waals surface area contributed by atoms with Crippen molar-refractivity contribution in [3.63, 3.8) is 0 Å². The lowest BCUT2D eigenvalue weighted by molar-refractivity contribution is -0.119. The number of primary amides is 1. The normalized spacial score (nSPS) is 11.1. The molecule has 0 saturated heterocycles. The quantitative estimate of drug-likeness (QED) is 0.717. The Morgan fingerprint density at radius 3 is 2.39 bits per heavy atom. The molecule has 1 amide bonds. The molecule has 0 aliphatic heterocycles. The zero-order valence-corrected chi connectivity index (χ0v) is 11.2. The predicted molar refractivity (Wildman–Crippen MR) is 75.1 cm³/mol. The van der Waals surface area contributed by atoms with Gasteiger partial charge in [-0.1, -0.05) is 12.1 Å². The van der Waals surface area contributed by atoms with Gasteiger partial charge in [0.25, 0.3) is 0 Å². The fourth-order valence-electron chi connectivity index (χ4n) is 1.89. The summed E-state index contributed by atoms with van der Waals surface area (Å²) < 4.78 is 0. The second-order valence-electron chi connectivity index (χ2n) is 4.88. The maximum atomic E-state index is 11.0. The molecule has 4 heteroatoms. The van der Waals surface area contributed by atoms with Crippen LogP contribution >= 0.6 is 0 Å². The molecule has 4 nitrogen and oxygen atoms in total. The van der Waals surface area contributed by atoms with Gasteiger partial charge in [0.1, 0.15) is 0 Å². The van der Waals surface area contributed by atoms with E-state index in [0.717, 1.165) is 25.1 Å². The number of rotatable bonds is 7. The maximum absolute atomic E-state index is 11.0. The number of hydrogen-bond acceptors (Lipinski definition) is 3. The SMILES string of the molecule is CC(C)N(CCCc1ccc(N)cc1)CC(N)=O. The summed E-state index contributed by atoms with van der Waals surface area (Å²) in [7, 11) is 0. The van der Waals surface area contributed by atoms with Crippen LogP contribution in [0.4, 0.5) is 5.69 Å². The highest BCUT2D eigenvalue weighted by atomic mass is 16.1. The summed E-state index contributed by atoms with van der Waals surface area (Å²) in [5, 5.41) is 0. The second-order valence-corrected chi connectivity index (χ2v) is 4.88. The molecule has 0 atom stereocenters. The Balaban J connectivity index is 2.38. The molecule has 0 aliphatic carbocycles. The summed E-state index contributed by atoms with van der Waals surface area (Å²) in [6.07, 6.45) is 2.00. The fourth-order valence-corrected chi connectivity index (χ4v) is 1.89. The third-order valence-electron chi connectivity index (χ3n) is 2.98. The van der Waals surface area contributed by atoms with Crippen LogP contribution in [0.5, 0.6) is 0 Å². The minimum absolute atomic E-state index is 0.267. The third-order valence-corrected chi connectivity index (χ3v) is 2.98. The molecule has 0 bridgehead atoms. The number of aryl methyl sites for hydroxylation is 1. The van der Waals surface area contributed by atoms with Gasteiger partial charge in [-0.3, -0.25) is 9.69 Å². The monoisotopic (exact) mass is 249 g/mol. The Kier molecular flexibility index (Phi) is 5.65. The van der Waals surface area contributed by atoms with E-state index in [1.165, 1.54) is 5.56 Å². The van der Waals surface area contributed by atoms with Crippen molar-refractivity contribution in [2.45, 2.75) is 32.7 Å². The molecule has 0 fully saturated rings. The van der Waals surface area contributed by atoms with E-state index in [9.17, 15) is 4.79 Å². The van der Waals surface area contributed by atoms with Crippen LogP contribution in [0.1, 0.15) is 25.8 Å². The van der Waals surface area contributed by atoms with Gasteiger partial charge in [-0.05, 0) is 50.9 Å². The van der Waals surface area contributed by atoms with E-state index in [4.69, 9.17) is 11.5 Å². The molecule has 0 saturated carbocycles. The summed E-state index contributed by atoms with van der Waals surface area (Å²) in [5.41, 5.74) is 12.9. The molecule has 0 aliphatic rings. The number of carbonyl (C=O) groups is 1. The van der Waals surface area contributed by atoms with Crippen molar-refractivity contribution in [2.24, 2.45) is 5.73 Å². The highest BCUT2D eigenvalue weighted by Gasteiger charge is 2.11. The van der Waals surface area contributed by atoms with Crippen molar-refractivity contribution in [1.82, 2.24) is 4.90 Å². The lowest BCUT2D eigenvalue weighted by Crippen LogP contribution is -2.39. The molecule has 100 valence electrons. The lowest BCUT2D eigenvalue weighted by Gasteiger charge is -2.24. The van der Waals surface area contributed by atoms with Gasteiger partial charge in [-0.2, -0.15) is 0 Å². The van der Waals surface area contributed by atoms with E-state index in [-0.39, 0.29) is 5.91 Å². The van der Waals surface area contributed by atoms with Crippen LogP contribution in [-0.2, 0) is 11.2 Å². The van der Waals surface area contributed by atoms with E-state index in [1.54, 1.807) is 0 Å². The van der Waals surface area contributed by atoms with Gasteiger partial charge < -0.3 is 11.5 Å². The minimum atomic E-state index is -0.267. The average Bonchev–Trinajstić information content (AvgIpc) is 2.29. The summed E-state index contributed by atoms with van der Waals surface area (Å²) in [5.74, 6) is -0.267. The highest BCUT2D eigenvalue weighted by molar-refractivity contribution is 5.75. The zero-order chi connectivity index (χ0) is 13.5. The van der Waals surface area contributed by atoms with Crippen molar-refractivity contribution in [2.75, 3.05) is 18.8 Å². The maximum Gasteiger partial charge on any atom is 0.231 e. The number of benzene rings is 1. The molecule has 1 rings (SSSR count). The molecular weight excluding hydrogens is 226 g/mol. The van der Waals surface area contributed by atoms with Crippen molar-refractivity contribution < 1.29 is 4.79 Å². The van der Waals surface area contributed by atoms with Crippen molar-refractivity contribution in [3.8, 4) is 0 Å². The molecule has 0 spiro atoms. The number of nitrogens with zero attached hydrogens (tertiary/aromatic N) is 1. The van der Waals surface area contributed by atoms with Gasteiger partial charge in [-0.25, -0.2) is 0 Å². The van der Waals surface area contributed by atoms with Crippen molar-refractivity contribution in [3.05, 3.63) is 29.8 Å². The number of amides is 1. The summed E-state index contributed by atoms with van der Waals surface area (Å²) >= 11 is 0. The van der Waals surface area contributed by atoms with Crippen LogP contribution in [0.3, 0.4) is 0 Å². The van der Waals surface area contributed by atoms with Gasteiger partial charge in [0.15, 0.2) is 0 Å². The lowest BCUT2D eigenvalue weighted by atomic mass is 10.1. The smallest absolute Gasteiger partial charge is 0.231 e. The van der Waals surface area contributed by atoms with E-state index < -0.39 is 0 Å². The second kappa shape index (κ2) is 7.01. The largest absolute Gasteiger partial charge is 0.399 e. The van der Waals surface area contributed by atoms with Gasteiger partial charge >= 0.3 is 0 Å². The molecule has 0 unspecified atom stereocenters. The Bertz CT molecular complexity index is 373. The molecule has 4 N–H and O–H groups in total. The molecule has 18 heavy (non-hydrogen) atoms. The van der Waals surface area contributed by atoms with Crippen molar-refractivity contribution in [1.29, 1.82) is 0 Å². The molecule has 0 aromatic heterocycles. The Hall–Kier alpha value is -1.55. The number of nitrogens with two attached hydrogens (primary N) is 2. The fraction of sp³-hybridized carbons (Fsp3) is 0.500. The van der Waals surface area contributed by atoms with Crippen LogP contribution in [0.15, 0.2) is 24.3 Å². The van der Waals surface area contributed by atoms with Gasteiger partial charge in [0.05, 0.1) is 6.54 Å². The van der Waals surface area contributed by atoms with Gasteiger partial charge in [0.2, 0.25) is 5.91 Å². The van der Waals surface area contributed by atoms with Gasteiger partial charge in [-0.15, -0.1) is 0 Å². The highest BCUT2D eigenvalue weighted by Crippen LogP contribution is 2.09. The number of hydrogen-bond donors (Lipinski definition) is 2. The number of carbonyl (C=O) groups excluding carboxylic acids is 1. The first-order chi connectivity index (χ1) is 8.49. The first-order valence-electron chi connectivity index (χ1n) is 6.36. The summed E-state index contributed by atoms with van der Waals surface area (Å²) in [4.78, 5) is 13.0. The molecular formula is C14H23N3O. The third kappa shape index (κ3) is 5.19. The Morgan fingerprint density at radius 2 is 1.89 bits per heavy atom. The first kappa shape index (κ1) is 14.5. The van der Waals surface area contributed by atoms with Crippen molar-refractivity contribution >= 4 is 11.6 Å². The summed E-state index contributed by atoms with van der Waals surface area (Å²) in [6.45, 7) is 5.36. The molecule has 1 aromatic rings. The Morgan fingerprint density at radius 1 is 1.28 bits per heavy atom. The van der Waals surface area contributed by atoms with Gasteiger partial charge in [0, 0.05) is 11.7 Å². The molecule has 0 radical (unpaired) electrons. The van der Waals surface area contributed by atoms with E-state index >= 15 is 0 Å². The predicted octanol–water partition coefficient (Wildman–Crippen LogP) is 1.40. The van der Waals surface area contributed by atoms with E-state index in [0.29, 0.717) is 12.6 Å². The minimum Gasteiger partial charge on any atom is -0.399 e. The van der Waals surface area contributed by atoms with Crippen LogP contribution in [0.25, 0.3) is 0 Å². The van der Waals surface area contributed by atoms with E-state index in [2.05, 4.69) is 18.7 Å². The standard InChI is InChI=1S/C14H23N3O/c1-11(2)17(10-14(16)18)9-3-4-12-5-7-13(15)8-6-12/h5-8,11H,3-4,9-10,15H2,1-2H3,(H2,16,18). The molecule has 1 aromatic carbocycles. The van der Waals surface area contributed by atoms with Crippen LogP contribution in [0.2, 0.25) is 0 Å². The first-order valence-corrected chi connectivity index (χ1v) is 6.36. The average molecular weight is 249 g/mol. The van der Waals surface area contributed by atoms with Crippen LogP contribution < -0.4 is 11.5 Å². The zero-order valence-electron chi connectivity index (χ0n) is 11.2. The Labute approximate surface area is 109 Å². The summed E-state index contributed by atoms with van der Waals surface area (Å²) in [6, 6.07) is 8.26. The topological polar surface area (TPSA) is 72.3 Å². The molecule has 0 heterocycles. The van der Waals surface area contributed by atoms with Crippen LogP contribution in [-0.4, -0.2) is 29.9 Å². The number of anilines is 1.